The number of hydrogen-bond acceptors (Lipinski definition) is 6. The Balaban J connectivity index is 1.54. The third-order valence-corrected chi connectivity index (χ3v) is 6.94. The number of sulfone groups is 1. The van der Waals surface area contributed by atoms with Crippen molar-refractivity contribution >= 4 is 27.3 Å². The number of likely N-dealkylation sites (tertiary alicyclic amines) is 1. The standard InChI is InChI=1S/C16H19ClN2O5S/c17-11-5-10(6-14-15(11)24-9-23-14)16(20)18-12-7-25(21,22)8-13(12)19-3-1-2-4-19/h5-6,12-13H,1-4,7-9H2,(H,18,20). The lowest BCUT2D eigenvalue weighted by molar-refractivity contribution is 0.0918. The Morgan fingerprint density at radius 3 is 2.72 bits per heavy atom. The van der Waals surface area contributed by atoms with E-state index in [4.69, 9.17) is 21.1 Å². The van der Waals surface area contributed by atoms with E-state index in [1.807, 2.05) is 0 Å². The third kappa shape index (κ3) is 3.30. The molecule has 0 bridgehead atoms. The number of hydrogen-bond donors (Lipinski definition) is 1. The van der Waals surface area contributed by atoms with Crippen LogP contribution in [0.3, 0.4) is 0 Å². The number of carbonyl (C=O) groups excluding carboxylic acids is 1. The van der Waals surface area contributed by atoms with E-state index in [2.05, 4.69) is 10.2 Å². The van der Waals surface area contributed by atoms with Crippen LogP contribution in [-0.4, -0.2) is 62.7 Å². The fourth-order valence-corrected chi connectivity index (χ4v) is 5.97. The highest BCUT2D eigenvalue weighted by Gasteiger charge is 2.42. The number of amides is 1. The molecule has 2 unspecified atom stereocenters. The lowest BCUT2D eigenvalue weighted by atomic mass is 10.1. The molecule has 0 spiro atoms. The average molecular weight is 387 g/mol. The first-order chi connectivity index (χ1) is 11.9. The lowest BCUT2D eigenvalue weighted by Crippen LogP contribution is -2.50. The minimum absolute atomic E-state index is 0.0296. The molecular formula is C16H19ClN2O5S. The molecular weight excluding hydrogens is 368 g/mol. The second-order valence-corrected chi connectivity index (χ2v) is 9.22. The van der Waals surface area contributed by atoms with Crippen LogP contribution in [0, 0.1) is 0 Å². The van der Waals surface area contributed by atoms with E-state index in [1.54, 1.807) is 6.07 Å². The van der Waals surface area contributed by atoms with Gasteiger partial charge in [0.25, 0.3) is 5.91 Å². The first-order valence-corrected chi connectivity index (χ1v) is 10.5. The van der Waals surface area contributed by atoms with Gasteiger partial charge in [-0.3, -0.25) is 9.69 Å². The molecule has 4 rings (SSSR count). The topological polar surface area (TPSA) is 84.9 Å². The maximum Gasteiger partial charge on any atom is 0.251 e. The van der Waals surface area contributed by atoms with Gasteiger partial charge >= 0.3 is 0 Å². The van der Waals surface area contributed by atoms with Crippen LogP contribution in [0.15, 0.2) is 12.1 Å². The molecule has 1 aromatic carbocycles. The molecule has 0 radical (unpaired) electrons. The third-order valence-electron chi connectivity index (χ3n) is 4.94. The minimum Gasteiger partial charge on any atom is -0.454 e. The summed E-state index contributed by atoms with van der Waals surface area (Å²) in [7, 11) is -3.15. The highest BCUT2D eigenvalue weighted by Crippen LogP contribution is 2.39. The van der Waals surface area contributed by atoms with Crippen LogP contribution in [0.25, 0.3) is 0 Å². The number of fused-ring (bicyclic) bond motifs is 1. The van der Waals surface area contributed by atoms with Gasteiger partial charge in [0.2, 0.25) is 6.79 Å². The average Bonchev–Trinajstić information content (AvgIpc) is 3.26. The van der Waals surface area contributed by atoms with Gasteiger partial charge in [-0.2, -0.15) is 0 Å². The molecule has 0 saturated carbocycles. The lowest BCUT2D eigenvalue weighted by Gasteiger charge is -2.28. The maximum atomic E-state index is 12.6. The number of halogens is 1. The summed E-state index contributed by atoms with van der Waals surface area (Å²) >= 11 is 6.12. The first kappa shape index (κ1) is 16.9. The van der Waals surface area contributed by atoms with Gasteiger partial charge in [0.1, 0.15) is 0 Å². The molecule has 1 aromatic rings. The fraction of sp³-hybridized carbons (Fsp3) is 0.562. The smallest absolute Gasteiger partial charge is 0.251 e. The molecule has 2 saturated heterocycles. The van der Waals surface area contributed by atoms with Crippen LogP contribution in [-0.2, 0) is 9.84 Å². The molecule has 2 atom stereocenters. The molecule has 3 heterocycles. The van der Waals surface area contributed by atoms with Gasteiger partial charge in [-0.25, -0.2) is 8.42 Å². The van der Waals surface area contributed by atoms with Gasteiger partial charge in [0.05, 0.1) is 22.6 Å². The van der Waals surface area contributed by atoms with Crippen LogP contribution in [0.1, 0.15) is 23.2 Å². The Bertz CT molecular complexity index is 807. The fourth-order valence-electron chi connectivity index (χ4n) is 3.75. The normalized spacial score (nSPS) is 27.6. The molecule has 1 N–H and O–H groups in total. The van der Waals surface area contributed by atoms with Crippen molar-refractivity contribution in [1.29, 1.82) is 0 Å². The van der Waals surface area contributed by atoms with Gasteiger partial charge in [-0.05, 0) is 38.1 Å². The molecule has 7 nitrogen and oxygen atoms in total. The second kappa shape index (κ2) is 6.34. The van der Waals surface area contributed by atoms with Crippen LogP contribution in [0.4, 0.5) is 0 Å². The van der Waals surface area contributed by atoms with E-state index in [1.165, 1.54) is 6.07 Å². The number of nitrogens with one attached hydrogen (secondary N) is 1. The van der Waals surface area contributed by atoms with Crippen molar-refractivity contribution in [3.63, 3.8) is 0 Å². The summed E-state index contributed by atoms with van der Waals surface area (Å²) < 4.78 is 34.7. The van der Waals surface area contributed by atoms with Gasteiger partial charge in [0.15, 0.2) is 21.3 Å². The largest absolute Gasteiger partial charge is 0.454 e. The number of ether oxygens (including phenoxy) is 2. The Labute approximate surface area is 151 Å². The number of benzene rings is 1. The molecule has 0 aliphatic carbocycles. The summed E-state index contributed by atoms with van der Waals surface area (Å²) in [6, 6.07) is 2.50. The van der Waals surface area contributed by atoms with Crippen LogP contribution in [0.5, 0.6) is 11.5 Å². The van der Waals surface area contributed by atoms with Crippen molar-refractivity contribution in [1.82, 2.24) is 10.2 Å². The molecule has 0 aromatic heterocycles. The van der Waals surface area contributed by atoms with E-state index in [0.29, 0.717) is 22.1 Å². The van der Waals surface area contributed by atoms with Crippen LogP contribution in [0.2, 0.25) is 5.02 Å². The Hall–Kier alpha value is -1.51. The predicted molar refractivity (Wildman–Crippen MR) is 92.1 cm³/mol. The Morgan fingerprint density at radius 1 is 1.20 bits per heavy atom. The van der Waals surface area contributed by atoms with Crippen molar-refractivity contribution < 1.29 is 22.7 Å². The van der Waals surface area contributed by atoms with E-state index in [-0.39, 0.29) is 30.2 Å². The zero-order valence-corrected chi connectivity index (χ0v) is 15.1. The van der Waals surface area contributed by atoms with Crippen molar-refractivity contribution in [2.75, 3.05) is 31.4 Å². The quantitative estimate of drug-likeness (QED) is 0.836. The number of carbonyl (C=O) groups is 1. The SMILES string of the molecule is O=C(NC1CS(=O)(=O)CC1N1CCCC1)c1cc(Cl)c2c(c1)OCO2. The summed E-state index contributed by atoms with van der Waals surface area (Å²) in [5, 5.41) is 3.18. The molecule has 1 amide bonds. The van der Waals surface area contributed by atoms with E-state index in [9.17, 15) is 13.2 Å². The second-order valence-electron chi connectivity index (χ2n) is 6.66. The molecule has 2 fully saturated rings. The summed E-state index contributed by atoms with van der Waals surface area (Å²) in [4.78, 5) is 14.8. The summed E-state index contributed by atoms with van der Waals surface area (Å²) in [5.41, 5.74) is 0.332. The highest BCUT2D eigenvalue weighted by molar-refractivity contribution is 7.91. The molecule has 25 heavy (non-hydrogen) atoms. The summed E-state index contributed by atoms with van der Waals surface area (Å²) in [6.07, 6.45) is 2.13. The Morgan fingerprint density at radius 2 is 1.96 bits per heavy atom. The number of nitrogens with zero attached hydrogens (tertiary/aromatic N) is 1. The molecule has 3 aliphatic heterocycles. The van der Waals surface area contributed by atoms with Gasteiger partial charge < -0.3 is 14.8 Å². The van der Waals surface area contributed by atoms with Gasteiger partial charge in [-0.15, -0.1) is 0 Å². The minimum atomic E-state index is -3.15. The van der Waals surface area contributed by atoms with Gasteiger partial charge in [0, 0.05) is 11.6 Å². The monoisotopic (exact) mass is 386 g/mol. The summed E-state index contributed by atoms with van der Waals surface area (Å²) in [5.74, 6) is 0.564. The highest BCUT2D eigenvalue weighted by atomic mass is 35.5. The van der Waals surface area contributed by atoms with Crippen LogP contribution < -0.4 is 14.8 Å². The maximum absolute atomic E-state index is 12.6. The van der Waals surface area contributed by atoms with Crippen LogP contribution >= 0.6 is 11.6 Å². The van der Waals surface area contributed by atoms with Crippen molar-refractivity contribution in [3.05, 3.63) is 22.7 Å². The Kier molecular flexibility index (Phi) is 4.29. The van der Waals surface area contributed by atoms with Gasteiger partial charge in [-0.1, -0.05) is 11.6 Å². The molecule has 136 valence electrons. The van der Waals surface area contributed by atoms with Crippen molar-refractivity contribution in [3.8, 4) is 11.5 Å². The van der Waals surface area contributed by atoms with E-state index in [0.717, 1.165) is 25.9 Å². The zero-order chi connectivity index (χ0) is 17.6. The van der Waals surface area contributed by atoms with E-state index >= 15 is 0 Å². The predicted octanol–water partition coefficient (Wildman–Crippen LogP) is 1.06. The van der Waals surface area contributed by atoms with E-state index < -0.39 is 15.9 Å². The molecule has 9 heteroatoms. The number of rotatable bonds is 3. The summed E-state index contributed by atoms with van der Waals surface area (Å²) in [6.45, 7) is 1.82. The van der Waals surface area contributed by atoms with Crippen molar-refractivity contribution in [2.45, 2.75) is 24.9 Å². The molecule has 3 aliphatic rings. The first-order valence-electron chi connectivity index (χ1n) is 8.27. The van der Waals surface area contributed by atoms with Crippen molar-refractivity contribution in [2.24, 2.45) is 0 Å². The zero-order valence-electron chi connectivity index (χ0n) is 13.5.